The number of carbonyl (C=O) groups is 1. The lowest BCUT2D eigenvalue weighted by Crippen LogP contribution is -2.23. The van der Waals surface area contributed by atoms with Gasteiger partial charge in [0.25, 0.3) is 5.91 Å². The second-order valence-corrected chi connectivity index (χ2v) is 5.24. The fraction of sp³-hybridized carbons (Fsp3) is 0.158. The van der Waals surface area contributed by atoms with Crippen LogP contribution in [0.5, 0.6) is 5.88 Å². The summed E-state index contributed by atoms with van der Waals surface area (Å²) in [5.41, 5.74) is 1.14. The number of nitrogens with zero attached hydrogens (tertiary/aromatic N) is 1. The molecule has 25 heavy (non-hydrogen) atoms. The molecule has 0 saturated carbocycles. The van der Waals surface area contributed by atoms with Crippen molar-refractivity contribution in [3.8, 4) is 17.2 Å². The highest BCUT2D eigenvalue weighted by atomic mass is 19.1. The molecule has 0 aliphatic heterocycles. The van der Waals surface area contributed by atoms with Gasteiger partial charge >= 0.3 is 0 Å². The van der Waals surface area contributed by atoms with Crippen LogP contribution in [-0.4, -0.2) is 17.5 Å². The average molecular weight is 340 g/mol. The van der Waals surface area contributed by atoms with Crippen molar-refractivity contribution in [1.29, 1.82) is 0 Å². The van der Waals surface area contributed by atoms with E-state index in [2.05, 4.69) is 10.3 Å². The van der Waals surface area contributed by atoms with Gasteiger partial charge in [0, 0.05) is 11.8 Å². The lowest BCUT2D eigenvalue weighted by molar-refractivity contribution is 0.0943. The van der Waals surface area contributed by atoms with Crippen LogP contribution in [0.1, 0.15) is 23.0 Å². The molecule has 0 aliphatic carbocycles. The Bertz CT molecular complexity index is 859. The largest absolute Gasteiger partial charge is 0.477 e. The number of ether oxygens (including phenoxy) is 1. The van der Waals surface area contributed by atoms with E-state index in [9.17, 15) is 9.18 Å². The fourth-order valence-corrected chi connectivity index (χ4v) is 2.32. The standard InChI is InChI=1S/C19H17FN2O3/c1-2-24-19-16(4-3-11-21-19)18(23)22-12-15-9-10-17(25-15)13-5-7-14(20)8-6-13/h3-11H,2,12H2,1H3,(H,22,23). The second-order valence-electron chi connectivity index (χ2n) is 5.24. The predicted molar refractivity (Wildman–Crippen MR) is 90.7 cm³/mol. The van der Waals surface area contributed by atoms with Gasteiger partial charge in [-0.3, -0.25) is 4.79 Å². The molecule has 1 N–H and O–H groups in total. The lowest BCUT2D eigenvalue weighted by Gasteiger charge is -2.08. The molecule has 2 aromatic heterocycles. The van der Waals surface area contributed by atoms with E-state index in [0.29, 0.717) is 29.6 Å². The summed E-state index contributed by atoms with van der Waals surface area (Å²) in [6.07, 6.45) is 1.57. The Morgan fingerprint density at radius 3 is 2.76 bits per heavy atom. The van der Waals surface area contributed by atoms with E-state index in [0.717, 1.165) is 5.56 Å². The zero-order chi connectivity index (χ0) is 17.6. The minimum Gasteiger partial charge on any atom is -0.477 e. The molecule has 128 valence electrons. The molecule has 0 unspecified atom stereocenters. The molecule has 0 bridgehead atoms. The van der Waals surface area contributed by atoms with Crippen molar-refractivity contribution in [1.82, 2.24) is 10.3 Å². The zero-order valence-corrected chi connectivity index (χ0v) is 13.7. The third-order valence-electron chi connectivity index (χ3n) is 3.51. The van der Waals surface area contributed by atoms with E-state index < -0.39 is 0 Å². The van der Waals surface area contributed by atoms with Gasteiger partial charge in [-0.15, -0.1) is 0 Å². The summed E-state index contributed by atoms with van der Waals surface area (Å²) < 4.78 is 24.0. The van der Waals surface area contributed by atoms with Crippen LogP contribution in [0.4, 0.5) is 4.39 Å². The molecule has 0 spiro atoms. The first kappa shape index (κ1) is 16.7. The lowest BCUT2D eigenvalue weighted by atomic mass is 10.2. The zero-order valence-electron chi connectivity index (χ0n) is 13.7. The Morgan fingerprint density at radius 2 is 2.00 bits per heavy atom. The number of halogens is 1. The molecule has 3 rings (SSSR count). The Kier molecular flexibility index (Phi) is 5.09. The number of hydrogen-bond acceptors (Lipinski definition) is 4. The van der Waals surface area contributed by atoms with Crippen LogP contribution in [0.25, 0.3) is 11.3 Å². The molecule has 0 radical (unpaired) electrons. The van der Waals surface area contributed by atoms with Crippen molar-refractivity contribution in [3.63, 3.8) is 0 Å². The van der Waals surface area contributed by atoms with E-state index in [1.54, 1.807) is 42.6 Å². The molecule has 1 amide bonds. The number of carbonyl (C=O) groups excluding carboxylic acids is 1. The smallest absolute Gasteiger partial charge is 0.257 e. The van der Waals surface area contributed by atoms with Gasteiger partial charge in [-0.2, -0.15) is 0 Å². The maximum Gasteiger partial charge on any atom is 0.257 e. The van der Waals surface area contributed by atoms with Crippen molar-refractivity contribution in [2.45, 2.75) is 13.5 Å². The summed E-state index contributed by atoms with van der Waals surface area (Å²) >= 11 is 0. The summed E-state index contributed by atoms with van der Waals surface area (Å²) in [6.45, 7) is 2.48. The van der Waals surface area contributed by atoms with Gasteiger partial charge < -0.3 is 14.5 Å². The maximum atomic E-state index is 13.0. The number of furan rings is 1. The Labute approximate surface area is 144 Å². The van der Waals surface area contributed by atoms with Crippen LogP contribution in [0.2, 0.25) is 0 Å². The highest BCUT2D eigenvalue weighted by Gasteiger charge is 2.14. The normalized spacial score (nSPS) is 10.5. The number of nitrogens with one attached hydrogen (secondary N) is 1. The molecule has 0 fully saturated rings. The van der Waals surface area contributed by atoms with Crippen molar-refractivity contribution in [2.24, 2.45) is 0 Å². The van der Waals surface area contributed by atoms with Crippen molar-refractivity contribution in [3.05, 3.63) is 71.9 Å². The summed E-state index contributed by atoms with van der Waals surface area (Å²) in [5.74, 6) is 0.907. The monoisotopic (exact) mass is 340 g/mol. The molecule has 2 heterocycles. The summed E-state index contributed by atoms with van der Waals surface area (Å²) in [7, 11) is 0. The van der Waals surface area contributed by atoms with Crippen LogP contribution < -0.4 is 10.1 Å². The first-order valence-electron chi connectivity index (χ1n) is 7.88. The minimum absolute atomic E-state index is 0.223. The molecule has 0 aliphatic rings. The van der Waals surface area contributed by atoms with E-state index in [1.165, 1.54) is 12.1 Å². The number of amides is 1. The average Bonchev–Trinajstić information content (AvgIpc) is 3.10. The molecular weight excluding hydrogens is 323 g/mol. The Balaban J connectivity index is 1.66. The SMILES string of the molecule is CCOc1ncccc1C(=O)NCc1ccc(-c2ccc(F)cc2)o1. The molecule has 0 atom stereocenters. The number of aromatic nitrogens is 1. The van der Waals surface area contributed by atoms with Gasteiger partial charge in [0.2, 0.25) is 5.88 Å². The highest BCUT2D eigenvalue weighted by Crippen LogP contribution is 2.22. The summed E-state index contributed by atoms with van der Waals surface area (Å²) in [4.78, 5) is 16.4. The minimum atomic E-state index is -0.302. The first-order valence-corrected chi connectivity index (χ1v) is 7.88. The van der Waals surface area contributed by atoms with Crippen LogP contribution in [0, 0.1) is 5.82 Å². The van der Waals surface area contributed by atoms with Gasteiger partial charge in [-0.05, 0) is 55.5 Å². The third-order valence-corrected chi connectivity index (χ3v) is 3.51. The molecule has 5 nitrogen and oxygen atoms in total. The van der Waals surface area contributed by atoms with Crippen LogP contribution in [0.3, 0.4) is 0 Å². The predicted octanol–water partition coefficient (Wildman–Crippen LogP) is 3.81. The Hall–Kier alpha value is -3.15. The van der Waals surface area contributed by atoms with Gasteiger partial charge in [-0.1, -0.05) is 0 Å². The second kappa shape index (κ2) is 7.61. The molecule has 3 aromatic rings. The molecular formula is C19H17FN2O3. The Morgan fingerprint density at radius 1 is 1.20 bits per heavy atom. The molecule has 6 heteroatoms. The van der Waals surface area contributed by atoms with Gasteiger partial charge in [-0.25, -0.2) is 9.37 Å². The van der Waals surface area contributed by atoms with Crippen LogP contribution in [0.15, 0.2) is 59.1 Å². The number of rotatable bonds is 6. The van der Waals surface area contributed by atoms with Crippen LogP contribution in [-0.2, 0) is 6.54 Å². The van der Waals surface area contributed by atoms with Crippen LogP contribution >= 0.6 is 0 Å². The van der Waals surface area contributed by atoms with Gasteiger partial charge in [0.05, 0.1) is 13.2 Å². The van der Waals surface area contributed by atoms with Gasteiger partial charge in [0.15, 0.2) is 0 Å². The third kappa shape index (κ3) is 4.03. The molecule has 1 aromatic carbocycles. The van der Waals surface area contributed by atoms with E-state index in [4.69, 9.17) is 9.15 Å². The summed E-state index contributed by atoms with van der Waals surface area (Å²) in [6, 6.07) is 12.9. The van der Waals surface area contributed by atoms with E-state index in [1.807, 2.05) is 6.92 Å². The van der Waals surface area contributed by atoms with E-state index >= 15 is 0 Å². The number of hydrogen-bond donors (Lipinski definition) is 1. The van der Waals surface area contributed by atoms with Crippen molar-refractivity contribution < 1.29 is 18.3 Å². The van der Waals surface area contributed by atoms with E-state index in [-0.39, 0.29) is 18.3 Å². The first-order chi connectivity index (χ1) is 12.2. The maximum absolute atomic E-state index is 13.0. The molecule has 0 saturated heterocycles. The topological polar surface area (TPSA) is 64.4 Å². The van der Waals surface area contributed by atoms with Gasteiger partial charge in [0.1, 0.15) is 22.9 Å². The summed E-state index contributed by atoms with van der Waals surface area (Å²) in [5, 5.41) is 2.78. The number of benzene rings is 1. The fourth-order valence-electron chi connectivity index (χ4n) is 2.32. The number of pyridine rings is 1. The quantitative estimate of drug-likeness (QED) is 0.741. The van der Waals surface area contributed by atoms with Crippen molar-refractivity contribution in [2.75, 3.05) is 6.61 Å². The highest BCUT2D eigenvalue weighted by molar-refractivity contribution is 5.96. The van der Waals surface area contributed by atoms with Crippen molar-refractivity contribution >= 4 is 5.91 Å².